The van der Waals surface area contributed by atoms with Crippen LogP contribution in [-0.2, 0) is 14.3 Å². The number of unbranched alkanes of at least 4 members (excludes halogenated alkanes) is 6. The van der Waals surface area contributed by atoms with E-state index in [2.05, 4.69) is 19.1 Å². The summed E-state index contributed by atoms with van der Waals surface area (Å²) in [6.07, 6.45) is 13.8. The predicted octanol–water partition coefficient (Wildman–Crippen LogP) is 4.87. The van der Waals surface area contributed by atoms with Gasteiger partial charge in [0.05, 0.1) is 6.42 Å². The van der Waals surface area contributed by atoms with Crippen LogP contribution < -0.4 is 0 Å². The molecule has 0 radical (unpaired) electrons. The monoisotopic (exact) mass is 312 g/mol. The molecular weight excluding hydrogens is 280 g/mol. The van der Waals surface area contributed by atoms with Gasteiger partial charge in [-0.3, -0.25) is 9.59 Å². The maximum Gasteiger partial charge on any atom is 0.307 e. The zero-order chi connectivity index (χ0) is 16.6. The number of esters is 1. The molecule has 0 rings (SSSR count). The maximum atomic E-state index is 11.6. The van der Waals surface area contributed by atoms with Crippen molar-refractivity contribution in [2.45, 2.75) is 90.6 Å². The van der Waals surface area contributed by atoms with Gasteiger partial charge >= 0.3 is 11.9 Å². The minimum Gasteiger partial charge on any atom is -0.481 e. The molecule has 0 heterocycles. The Balaban J connectivity index is 3.50. The first-order valence-corrected chi connectivity index (χ1v) is 8.66. The highest BCUT2D eigenvalue weighted by molar-refractivity contribution is 5.71. The normalized spacial score (nSPS) is 12.5. The fraction of sp³-hybridized carbons (Fsp3) is 0.778. The van der Waals surface area contributed by atoms with Crippen molar-refractivity contribution in [3.63, 3.8) is 0 Å². The van der Waals surface area contributed by atoms with Crippen LogP contribution in [0.25, 0.3) is 0 Å². The van der Waals surface area contributed by atoms with E-state index in [1.165, 1.54) is 25.7 Å². The summed E-state index contributed by atoms with van der Waals surface area (Å²) in [5, 5.41) is 8.70. The lowest BCUT2D eigenvalue weighted by atomic mass is 10.1. The molecule has 0 aliphatic heterocycles. The number of carboxylic acid groups (broad SMARTS) is 1. The van der Waals surface area contributed by atoms with Gasteiger partial charge in [-0.1, -0.05) is 51.7 Å². The van der Waals surface area contributed by atoms with Crippen LogP contribution in [0.15, 0.2) is 12.2 Å². The Kier molecular flexibility index (Phi) is 13.7. The van der Waals surface area contributed by atoms with E-state index >= 15 is 0 Å². The molecule has 0 fully saturated rings. The smallest absolute Gasteiger partial charge is 0.307 e. The van der Waals surface area contributed by atoms with Crippen molar-refractivity contribution >= 4 is 11.9 Å². The summed E-state index contributed by atoms with van der Waals surface area (Å²) in [5.41, 5.74) is 0. The molecule has 0 amide bonds. The Bertz CT molecular complexity index is 323. The van der Waals surface area contributed by atoms with Crippen LogP contribution in [-0.4, -0.2) is 23.1 Å². The highest BCUT2D eigenvalue weighted by Gasteiger charge is 2.15. The second-order valence-electron chi connectivity index (χ2n) is 5.68. The van der Waals surface area contributed by atoms with E-state index in [4.69, 9.17) is 9.84 Å². The summed E-state index contributed by atoms with van der Waals surface area (Å²) >= 11 is 0. The van der Waals surface area contributed by atoms with Gasteiger partial charge in [0.2, 0.25) is 0 Å². The van der Waals surface area contributed by atoms with Crippen molar-refractivity contribution in [2.24, 2.45) is 0 Å². The third kappa shape index (κ3) is 13.7. The molecular formula is C18H32O4. The van der Waals surface area contributed by atoms with Crippen LogP contribution in [0.2, 0.25) is 0 Å². The van der Waals surface area contributed by atoms with E-state index in [1.807, 2.05) is 6.92 Å². The number of carboxylic acids is 1. The second-order valence-corrected chi connectivity index (χ2v) is 5.68. The van der Waals surface area contributed by atoms with E-state index in [0.717, 1.165) is 25.7 Å². The lowest BCUT2D eigenvalue weighted by molar-refractivity contribution is -0.153. The molecule has 0 aliphatic carbocycles. The Hall–Kier alpha value is -1.32. The van der Waals surface area contributed by atoms with Crippen LogP contribution >= 0.6 is 0 Å². The number of carbonyl (C=O) groups excluding carboxylic acids is 1. The third-order valence-electron chi connectivity index (χ3n) is 3.53. The molecule has 1 atom stereocenters. The van der Waals surface area contributed by atoms with E-state index in [1.54, 1.807) is 0 Å². The third-order valence-corrected chi connectivity index (χ3v) is 3.53. The molecule has 0 aromatic carbocycles. The van der Waals surface area contributed by atoms with Crippen LogP contribution in [0, 0.1) is 0 Å². The van der Waals surface area contributed by atoms with Gasteiger partial charge in [-0.05, 0) is 32.1 Å². The molecule has 0 spiro atoms. The van der Waals surface area contributed by atoms with E-state index in [0.29, 0.717) is 12.8 Å². The van der Waals surface area contributed by atoms with Gasteiger partial charge in [-0.25, -0.2) is 0 Å². The number of rotatable bonds is 14. The summed E-state index contributed by atoms with van der Waals surface area (Å²) in [6, 6.07) is 0. The van der Waals surface area contributed by atoms with Crippen LogP contribution in [0.4, 0.5) is 0 Å². The Morgan fingerprint density at radius 1 is 1.00 bits per heavy atom. The van der Waals surface area contributed by atoms with Crippen molar-refractivity contribution in [1.29, 1.82) is 0 Å². The van der Waals surface area contributed by atoms with Gasteiger partial charge < -0.3 is 9.84 Å². The van der Waals surface area contributed by atoms with E-state index in [-0.39, 0.29) is 12.4 Å². The SMILES string of the molecule is CCC/C=C\CCCCCCCC(=O)OC(CC)CC(=O)O. The highest BCUT2D eigenvalue weighted by atomic mass is 16.5. The maximum absolute atomic E-state index is 11.6. The average molecular weight is 312 g/mol. The second kappa shape index (κ2) is 14.6. The quantitative estimate of drug-likeness (QED) is 0.282. The number of ether oxygens (including phenoxy) is 1. The number of hydrogen-bond acceptors (Lipinski definition) is 3. The molecule has 4 nitrogen and oxygen atoms in total. The highest BCUT2D eigenvalue weighted by Crippen LogP contribution is 2.11. The molecule has 4 heteroatoms. The Morgan fingerprint density at radius 3 is 2.27 bits per heavy atom. The van der Waals surface area contributed by atoms with Crippen LogP contribution in [0.5, 0.6) is 0 Å². The lowest BCUT2D eigenvalue weighted by Crippen LogP contribution is -2.20. The summed E-state index contributed by atoms with van der Waals surface area (Å²) in [7, 11) is 0. The van der Waals surface area contributed by atoms with Crippen molar-refractivity contribution in [3.05, 3.63) is 12.2 Å². The number of hydrogen-bond donors (Lipinski definition) is 1. The first-order chi connectivity index (χ1) is 10.6. The Morgan fingerprint density at radius 2 is 1.64 bits per heavy atom. The number of allylic oxidation sites excluding steroid dienone is 2. The molecule has 0 aliphatic rings. The molecule has 128 valence electrons. The average Bonchev–Trinajstić information content (AvgIpc) is 2.48. The molecule has 1 unspecified atom stereocenters. The fourth-order valence-electron chi connectivity index (χ4n) is 2.17. The summed E-state index contributed by atoms with van der Waals surface area (Å²) < 4.78 is 5.16. The lowest BCUT2D eigenvalue weighted by Gasteiger charge is -2.13. The molecule has 0 aromatic heterocycles. The van der Waals surface area contributed by atoms with Gasteiger partial charge in [-0.15, -0.1) is 0 Å². The van der Waals surface area contributed by atoms with E-state index < -0.39 is 12.1 Å². The predicted molar refractivity (Wildman–Crippen MR) is 88.8 cm³/mol. The molecule has 0 saturated carbocycles. The van der Waals surface area contributed by atoms with Crippen molar-refractivity contribution < 1.29 is 19.4 Å². The topological polar surface area (TPSA) is 63.6 Å². The molecule has 0 saturated heterocycles. The van der Waals surface area contributed by atoms with Gasteiger partial charge in [0, 0.05) is 6.42 Å². The summed E-state index contributed by atoms with van der Waals surface area (Å²) in [4.78, 5) is 22.2. The molecule has 22 heavy (non-hydrogen) atoms. The molecule has 0 bridgehead atoms. The first kappa shape index (κ1) is 20.7. The molecule has 0 aromatic rings. The van der Waals surface area contributed by atoms with Crippen LogP contribution in [0.1, 0.15) is 84.5 Å². The fourth-order valence-corrected chi connectivity index (χ4v) is 2.17. The van der Waals surface area contributed by atoms with Crippen molar-refractivity contribution in [1.82, 2.24) is 0 Å². The molecule has 1 N–H and O–H groups in total. The van der Waals surface area contributed by atoms with Crippen molar-refractivity contribution in [3.8, 4) is 0 Å². The van der Waals surface area contributed by atoms with Gasteiger partial charge in [-0.2, -0.15) is 0 Å². The zero-order valence-electron chi connectivity index (χ0n) is 14.2. The zero-order valence-corrected chi connectivity index (χ0v) is 14.2. The van der Waals surface area contributed by atoms with Gasteiger partial charge in [0.25, 0.3) is 0 Å². The van der Waals surface area contributed by atoms with E-state index in [9.17, 15) is 9.59 Å². The standard InChI is InChI=1S/C18H32O4/c1-3-5-6-7-8-9-10-11-12-13-14-18(21)22-16(4-2)15-17(19)20/h6-7,16H,3-5,8-15H2,1-2H3,(H,19,20)/b7-6-. The Labute approximate surface area is 134 Å². The van der Waals surface area contributed by atoms with Gasteiger partial charge in [0.15, 0.2) is 0 Å². The number of aliphatic carboxylic acids is 1. The summed E-state index contributed by atoms with van der Waals surface area (Å²) in [5.74, 6) is -1.19. The minimum absolute atomic E-state index is 0.103. The number of carbonyl (C=O) groups is 2. The summed E-state index contributed by atoms with van der Waals surface area (Å²) in [6.45, 7) is 4.01. The minimum atomic E-state index is -0.923. The first-order valence-electron chi connectivity index (χ1n) is 8.66. The largest absolute Gasteiger partial charge is 0.481 e. The van der Waals surface area contributed by atoms with Crippen LogP contribution in [0.3, 0.4) is 0 Å². The van der Waals surface area contributed by atoms with Crippen molar-refractivity contribution in [2.75, 3.05) is 0 Å². The van der Waals surface area contributed by atoms with Gasteiger partial charge in [0.1, 0.15) is 6.10 Å².